The summed E-state index contributed by atoms with van der Waals surface area (Å²) in [5, 5.41) is 9.13. The van der Waals surface area contributed by atoms with Gasteiger partial charge in [-0.2, -0.15) is 0 Å². The van der Waals surface area contributed by atoms with E-state index in [4.69, 9.17) is 38.3 Å². The second-order valence-corrected chi connectivity index (χ2v) is 12.3. The summed E-state index contributed by atoms with van der Waals surface area (Å²) in [7, 11) is 7.73. The fraction of sp³-hybridized carbons (Fsp3) is 0.462. The largest absolute Gasteiger partial charge is 0.493 e. The number of hydrogen-bond acceptors (Lipinski definition) is 10. The zero-order chi connectivity index (χ0) is 36.9. The first-order valence-electron chi connectivity index (χ1n) is 17.1. The third-order valence-electron chi connectivity index (χ3n) is 9.02. The van der Waals surface area contributed by atoms with E-state index in [9.17, 15) is 14.4 Å². The minimum atomic E-state index is -1.10. The topological polar surface area (TPSA) is 139 Å². The second kappa shape index (κ2) is 18.7. The number of carbonyl (C=O) groups excluding carboxylic acids is 2. The van der Waals surface area contributed by atoms with E-state index in [1.807, 2.05) is 31.2 Å². The molecule has 3 atom stereocenters. The molecule has 1 N–H and O–H groups in total. The highest BCUT2D eigenvalue weighted by molar-refractivity contribution is 5.89. The predicted molar refractivity (Wildman–Crippen MR) is 189 cm³/mol. The fourth-order valence-electron chi connectivity index (χ4n) is 6.46. The minimum Gasteiger partial charge on any atom is -0.493 e. The van der Waals surface area contributed by atoms with Crippen molar-refractivity contribution in [1.82, 2.24) is 4.90 Å². The second-order valence-electron chi connectivity index (χ2n) is 12.3. The van der Waals surface area contributed by atoms with Gasteiger partial charge in [-0.05, 0) is 91.6 Å². The van der Waals surface area contributed by atoms with Crippen molar-refractivity contribution in [2.24, 2.45) is 0 Å². The summed E-state index contributed by atoms with van der Waals surface area (Å²) in [6, 6.07) is 15.3. The molecule has 0 aromatic heterocycles. The van der Waals surface area contributed by atoms with Crippen molar-refractivity contribution in [2.45, 2.75) is 69.9 Å². The quantitative estimate of drug-likeness (QED) is 0.148. The van der Waals surface area contributed by atoms with Gasteiger partial charge in [0.05, 0.1) is 41.5 Å². The normalized spacial score (nSPS) is 15.3. The highest BCUT2D eigenvalue weighted by Gasteiger charge is 2.38. The molecule has 276 valence electrons. The molecule has 4 rings (SSSR count). The van der Waals surface area contributed by atoms with Gasteiger partial charge in [0.15, 0.2) is 29.6 Å². The SMILES string of the molecule is CCCC(C(=O)N1CCCC[C@H]1C(=O)O[C@H](CCc1ccc(OC)c(OC)c1)c1cccc(OCC(=O)O)c1)c1cc(OC)c(OC)c(OC)c1. The van der Waals surface area contributed by atoms with E-state index in [1.165, 1.54) is 21.3 Å². The first-order chi connectivity index (χ1) is 24.7. The molecule has 0 aliphatic carbocycles. The molecule has 1 amide bonds. The smallest absolute Gasteiger partial charge is 0.341 e. The number of hydrogen-bond donors (Lipinski definition) is 1. The van der Waals surface area contributed by atoms with Crippen molar-refractivity contribution in [3.8, 4) is 34.5 Å². The Bertz CT molecular complexity index is 1620. The summed E-state index contributed by atoms with van der Waals surface area (Å²) in [6.07, 6.45) is 3.46. The van der Waals surface area contributed by atoms with Crippen molar-refractivity contribution < 1.29 is 52.6 Å². The molecule has 1 aliphatic rings. The van der Waals surface area contributed by atoms with Crippen LogP contribution in [0.5, 0.6) is 34.5 Å². The average Bonchev–Trinajstić information content (AvgIpc) is 3.16. The van der Waals surface area contributed by atoms with Gasteiger partial charge in [-0.15, -0.1) is 0 Å². The number of nitrogens with zero attached hydrogens (tertiary/aromatic N) is 1. The average molecular weight is 708 g/mol. The molecular formula is C39H49NO11. The van der Waals surface area contributed by atoms with Gasteiger partial charge in [0.2, 0.25) is 11.7 Å². The van der Waals surface area contributed by atoms with Gasteiger partial charge in [0.1, 0.15) is 17.9 Å². The standard InChI is InChI=1S/C39H49NO11/c1-7-11-29(27-22-34(47-4)37(49-6)35(23-27)48-5)38(43)40-19-9-8-14-30(40)39(44)51-31(26-12-10-13-28(21-26)50-24-36(41)42)17-15-25-16-18-32(45-2)33(20-25)46-3/h10,12-13,16,18,20-23,29-31H,7-9,11,14-15,17,19,24H2,1-6H3,(H,41,42)/t29?,30-,31+/m0/s1. The Hall–Kier alpha value is -5.13. The highest BCUT2D eigenvalue weighted by atomic mass is 16.5. The molecule has 0 radical (unpaired) electrons. The number of aryl methyl sites for hydroxylation is 1. The number of likely N-dealkylation sites (tertiary alicyclic amines) is 1. The van der Waals surface area contributed by atoms with Crippen LogP contribution in [0.1, 0.15) is 74.2 Å². The van der Waals surface area contributed by atoms with E-state index >= 15 is 0 Å². The number of piperidine rings is 1. The Labute approximate surface area is 299 Å². The van der Waals surface area contributed by atoms with Crippen LogP contribution >= 0.6 is 0 Å². The summed E-state index contributed by atoms with van der Waals surface area (Å²) in [6.45, 7) is 1.92. The summed E-state index contributed by atoms with van der Waals surface area (Å²) >= 11 is 0. The maximum atomic E-state index is 14.4. The first-order valence-corrected chi connectivity index (χ1v) is 17.1. The summed E-state index contributed by atoms with van der Waals surface area (Å²) in [5.74, 6) is 0.514. The van der Waals surface area contributed by atoms with E-state index in [-0.39, 0.29) is 5.91 Å². The van der Waals surface area contributed by atoms with Crippen molar-refractivity contribution in [2.75, 3.05) is 48.7 Å². The van der Waals surface area contributed by atoms with E-state index < -0.39 is 36.6 Å². The number of ether oxygens (including phenoxy) is 7. The number of aliphatic carboxylic acids is 1. The molecule has 12 nitrogen and oxygen atoms in total. The molecule has 3 aromatic rings. The maximum absolute atomic E-state index is 14.4. The molecule has 1 fully saturated rings. The van der Waals surface area contributed by atoms with Gasteiger partial charge in [-0.3, -0.25) is 4.79 Å². The van der Waals surface area contributed by atoms with Crippen molar-refractivity contribution in [1.29, 1.82) is 0 Å². The zero-order valence-electron chi connectivity index (χ0n) is 30.3. The van der Waals surface area contributed by atoms with Gasteiger partial charge >= 0.3 is 11.9 Å². The lowest BCUT2D eigenvalue weighted by Gasteiger charge is -2.37. The van der Waals surface area contributed by atoms with Crippen molar-refractivity contribution in [3.05, 3.63) is 71.3 Å². The van der Waals surface area contributed by atoms with E-state index in [2.05, 4.69) is 0 Å². The van der Waals surface area contributed by atoms with Crippen molar-refractivity contribution in [3.63, 3.8) is 0 Å². The molecular weight excluding hydrogens is 658 g/mol. The van der Waals surface area contributed by atoms with Crippen LogP contribution in [0, 0.1) is 0 Å². The molecule has 3 aromatic carbocycles. The Morgan fingerprint density at radius 3 is 2.14 bits per heavy atom. The summed E-state index contributed by atoms with van der Waals surface area (Å²) in [5.41, 5.74) is 2.29. The van der Waals surface area contributed by atoms with Gasteiger partial charge in [-0.1, -0.05) is 31.5 Å². The molecule has 1 aliphatic heterocycles. The van der Waals surface area contributed by atoms with Crippen LogP contribution in [0.15, 0.2) is 54.6 Å². The Kier molecular flexibility index (Phi) is 14.2. The van der Waals surface area contributed by atoms with Gasteiger partial charge in [-0.25, -0.2) is 9.59 Å². The molecule has 1 unspecified atom stereocenters. The van der Waals surface area contributed by atoms with E-state index in [1.54, 1.807) is 49.5 Å². The van der Waals surface area contributed by atoms with Crippen LogP contribution in [0.4, 0.5) is 0 Å². The van der Waals surface area contributed by atoms with Crippen LogP contribution in [0.25, 0.3) is 0 Å². The third-order valence-corrected chi connectivity index (χ3v) is 9.02. The number of amides is 1. The maximum Gasteiger partial charge on any atom is 0.341 e. The predicted octanol–water partition coefficient (Wildman–Crippen LogP) is 6.38. The van der Waals surface area contributed by atoms with E-state index in [0.717, 1.165) is 24.8 Å². The minimum absolute atomic E-state index is 0.168. The number of carboxylic acid groups (broad SMARTS) is 1. The summed E-state index contributed by atoms with van der Waals surface area (Å²) < 4.78 is 39.2. The van der Waals surface area contributed by atoms with Crippen LogP contribution in [0.2, 0.25) is 0 Å². The lowest BCUT2D eigenvalue weighted by atomic mass is 9.90. The molecule has 0 spiro atoms. The Morgan fingerprint density at radius 1 is 0.804 bits per heavy atom. The molecule has 0 saturated carbocycles. The number of benzene rings is 3. The Balaban J connectivity index is 1.63. The zero-order valence-corrected chi connectivity index (χ0v) is 30.3. The van der Waals surface area contributed by atoms with Crippen LogP contribution in [-0.4, -0.2) is 82.6 Å². The fourth-order valence-corrected chi connectivity index (χ4v) is 6.46. The molecule has 0 bridgehead atoms. The number of esters is 1. The lowest BCUT2D eigenvalue weighted by Crippen LogP contribution is -2.50. The first kappa shape index (κ1) is 38.7. The number of carboxylic acids is 1. The molecule has 12 heteroatoms. The van der Waals surface area contributed by atoms with Gasteiger partial charge < -0.3 is 43.2 Å². The van der Waals surface area contributed by atoms with Crippen molar-refractivity contribution >= 4 is 17.8 Å². The van der Waals surface area contributed by atoms with Crippen LogP contribution in [0.3, 0.4) is 0 Å². The number of rotatable bonds is 18. The van der Waals surface area contributed by atoms with Crippen LogP contribution in [-0.2, 0) is 25.5 Å². The van der Waals surface area contributed by atoms with Gasteiger partial charge in [0, 0.05) is 6.54 Å². The highest BCUT2D eigenvalue weighted by Crippen LogP contribution is 2.42. The van der Waals surface area contributed by atoms with Crippen LogP contribution < -0.4 is 28.4 Å². The van der Waals surface area contributed by atoms with Gasteiger partial charge in [0.25, 0.3) is 0 Å². The number of carbonyl (C=O) groups is 3. The summed E-state index contributed by atoms with van der Waals surface area (Å²) in [4.78, 5) is 41.4. The molecule has 51 heavy (non-hydrogen) atoms. The molecule has 1 heterocycles. The van der Waals surface area contributed by atoms with E-state index in [0.29, 0.717) is 77.9 Å². The Morgan fingerprint density at radius 2 is 1.51 bits per heavy atom. The molecule has 1 saturated heterocycles. The monoisotopic (exact) mass is 707 g/mol. The lowest BCUT2D eigenvalue weighted by molar-refractivity contribution is -0.162. The number of methoxy groups -OCH3 is 5. The third kappa shape index (κ3) is 9.77.